The molecule has 2 atom stereocenters. The van der Waals surface area contributed by atoms with Crippen LogP contribution in [0.5, 0.6) is 0 Å². The predicted octanol–water partition coefficient (Wildman–Crippen LogP) is 2.39. The molecule has 2 aliphatic rings. The summed E-state index contributed by atoms with van der Waals surface area (Å²) in [7, 11) is -2.60. The molecule has 2 saturated heterocycles. The third-order valence-electron chi connectivity index (χ3n) is 5.44. The highest BCUT2D eigenvalue weighted by molar-refractivity contribution is 7.92. The van der Waals surface area contributed by atoms with Crippen molar-refractivity contribution < 1.29 is 9.00 Å². The molecule has 2 unspecified atom stereocenters. The third kappa shape index (κ3) is 3.02. The monoisotopic (exact) mass is 373 g/mol. The van der Waals surface area contributed by atoms with Gasteiger partial charge in [-0.25, -0.2) is 8.89 Å². The van der Waals surface area contributed by atoms with E-state index >= 15 is 0 Å². The fourth-order valence-corrected chi connectivity index (χ4v) is 6.34. The van der Waals surface area contributed by atoms with Crippen molar-refractivity contribution in [1.82, 2.24) is 19.9 Å². The minimum atomic E-state index is -2.60. The molecule has 1 spiro atoms. The predicted molar refractivity (Wildman–Crippen MR) is 98.9 cm³/mol. The molecule has 2 aromatic rings. The van der Waals surface area contributed by atoms with E-state index in [-0.39, 0.29) is 11.7 Å². The van der Waals surface area contributed by atoms with Gasteiger partial charge in [-0.2, -0.15) is 0 Å². The van der Waals surface area contributed by atoms with Crippen molar-refractivity contribution in [1.29, 1.82) is 4.78 Å². The van der Waals surface area contributed by atoms with E-state index in [1.807, 2.05) is 36.1 Å². The van der Waals surface area contributed by atoms with Crippen LogP contribution in [0.15, 0.2) is 30.5 Å². The molecule has 138 valence electrons. The molecule has 1 aromatic carbocycles. The van der Waals surface area contributed by atoms with E-state index in [1.165, 1.54) is 0 Å². The molecular formula is C18H23N5O2S. The van der Waals surface area contributed by atoms with Crippen molar-refractivity contribution in [3.63, 3.8) is 0 Å². The Morgan fingerprint density at radius 3 is 2.88 bits per heavy atom. The van der Waals surface area contributed by atoms with Gasteiger partial charge in [0.2, 0.25) is 0 Å². The second kappa shape index (κ2) is 6.19. The average molecular weight is 373 g/mol. The number of hydrogen-bond acceptors (Lipinski definition) is 5. The normalized spacial score (nSPS) is 28.6. The van der Waals surface area contributed by atoms with Crippen LogP contribution in [-0.4, -0.2) is 53.6 Å². The number of nitrogens with one attached hydrogen (secondary N) is 1. The molecule has 0 saturated carbocycles. The molecule has 1 N–H and O–H groups in total. The van der Waals surface area contributed by atoms with Crippen LogP contribution in [0, 0.1) is 11.7 Å². The van der Waals surface area contributed by atoms with Gasteiger partial charge in [-0.3, -0.25) is 9.57 Å². The quantitative estimate of drug-likeness (QED) is 0.875. The van der Waals surface area contributed by atoms with E-state index < -0.39 is 15.3 Å². The van der Waals surface area contributed by atoms with Gasteiger partial charge >= 0.3 is 0 Å². The standard InChI is InChI=1S/C18H23N5O2S/c1-14-5-2-6-15(11-14)23-12-16(20-21-23)17(24)22-9-3-7-18(22)8-4-10-26(19,25)13-18/h2,5-6,11-12,19H,3-4,7-10,13H2,1H3. The lowest BCUT2D eigenvalue weighted by Gasteiger charge is -2.41. The first-order valence-electron chi connectivity index (χ1n) is 8.94. The number of amides is 1. The highest BCUT2D eigenvalue weighted by Gasteiger charge is 2.47. The second-order valence-electron chi connectivity index (χ2n) is 7.44. The van der Waals surface area contributed by atoms with Crippen molar-refractivity contribution in [3.05, 3.63) is 41.7 Å². The van der Waals surface area contributed by atoms with Crippen molar-refractivity contribution >= 4 is 15.6 Å². The number of carbonyl (C=O) groups excluding carboxylic acids is 1. The zero-order valence-corrected chi connectivity index (χ0v) is 15.7. The number of hydrogen-bond donors (Lipinski definition) is 1. The molecule has 0 aliphatic carbocycles. The zero-order valence-electron chi connectivity index (χ0n) is 14.9. The van der Waals surface area contributed by atoms with Crippen LogP contribution >= 0.6 is 0 Å². The number of aromatic nitrogens is 3. The summed E-state index contributed by atoms with van der Waals surface area (Å²) in [5.41, 5.74) is 1.83. The first kappa shape index (κ1) is 17.2. The van der Waals surface area contributed by atoms with Gasteiger partial charge < -0.3 is 4.90 Å². The lowest BCUT2D eigenvalue weighted by molar-refractivity contribution is 0.0602. The molecule has 0 radical (unpaired) electrons. The van der Waals surface area contributed by atoms with Crippen molar-refractivity contribution in [2.75, 3.05) is 18.1 Å². The van der Waals surface area contributed by atoms with Crippen LogP contribution in [0.25, 0.3) is 5.69 Å². The molecule has 3 heterocycles. The first-order valence-corrected chi connectivity index (χ1v) is 10.8. The number of nitrogens with zero attached hydrogens (tertiary/aromatic N) is 4. The van der Waals surface area contributed by atoms with Gasteiger partial charge in [0.15, 0.2) is 5.69 Å². The van der Waals surface area contributed by atoms with Gasteiger partial charge in [-0.1, -0.05) is 17.3 Å². The molecule has 8 heteroatoms. The lowest BCUT2D eigenvalue weighted by atomic mass is 9.92. The van der Waals surface area contributed by atoms with Gasteiger partial charge in [-0.05, 0) is 50.3 Å². The van der Waals surface area contributed by atoms with E-state index in [1.54, 1.807) is 10.9 Å². The van der Waals surface area contributed by atoms with Crippen LogP contribution in [0.2, 0.25) is 0 Å². The van der Waals surface area contributed by atoms with E-state index in [9.17, 15) is 9.00 Å². The van der Waals surface area contributed by atoms with Crippen molar-refractivity contribution in [3.8, 4) is 5.69 Å². The van der Waals surface area contributed by atoms with Gasteiger partial charge in [0.25, 0.3) is 5.91 Å². The molecule has 1 aromatic heterocycles. The molecule has 7 nitrogen and oxygen atoms in total. The van der Waals surface area contributed by atoms with Gasteiger partial charge in [0, 0.05) is 22.0 Å². The second-order valence-corrected chi connectivity index (χ2v) is 9.76. The molecular weight excluding hydrogens is 350 g/mol. The zero-order chi connectivity index (χ0) is 18.4. The number of aryl methyl sites for hydroxylation is 1. The molecule has 26 heavy (non-hydrogen) atoms. The van der Waals surface area contributed by atoms with E-state index in [0.717, 1.165) is 36.9 Å². The molecule has 1 amide bonds. The minimum Gasteiger partial charge on any atom is -0.331 e. The largest absolute Gasteiger partial charge is 0.331 e. The highest BCUT2D eigenvalue weighted by Crippen LogP contribution is 2.39. The maximum absolute atomic E-state index is 13.1. The molecule has 2 fully saturated rings. The summed E-state index contributed by atoms with van der Waals surface area (Å²) < 4.78 is 22.0. The Kier molecular flexibility index (Phi) is 4.10. The molecule has 2 aliphatic heterocycles. The van der Waals surface area contributed by atoms with Crippen LogP contribution < -0.4 is 0 Å². The summed E-state index contributed by atoms with van der Waals surface area (Å²) in [6, 6.07) is 7.85. The molecule has 4 rings (SSSR count). The van der Waals surface area contributed by atoms with Gasteiger partial charge in [0.05, 0.1) is 23.2 Å². The summed E-state index contributed by atoms with van der Waals surface area (Å²) in [5, 5.41) is 8.19. The smallest absolute Gasteiger partial charge is 0.276 e. The third-order valence-corrected chi connectivity index (χ3v) is 7.39. The van der Waals surface area contributed by atoms with Gasteiger partial charge in [0.1, 0.15) is 0 Å². The minimum absolute atomic E-state index is 0.168. The highest BCUT2D eigenvalue weighted by atomic mass is 32.2. The maximum atomic E-state index is 13.1. The Bertz CT molecular complexity index is 952. The Hall–Kier alpha value is -2.22. The Balaban J connectivity index is 1.62. The fraction of sp³-hybridized carbons (Fsp3) is 0.500. The topological polar surface area (TPSA) is 91.9 Å². The van der Waals surface area contributed by atoms with Crippen molar-refractivity contribution in [2.24, 2.45) is 0 Å². The van der Waals surface area contributed by atoms with Crippen molar-refractivity contribution in [2.45, 2.75) is 38.1 Å². The Labute approximate surface area is 153 Å². The Morgan fingerprint density at radius 1 is 1.31 bits per heavy atom. The van der Waals surface area contributed by atoms with E-state index in [4.69, 9.17) is 4.78 Å². The fourth-order valence-electron chi connectivity index (χ4n) is 4.27. The summed E-state index contributed by atoms with van der Waals surface area (Å²) >= 11 is 0. The SMILES string of the molecule is Cc1cccc(-n2cc(C(=O)N3CCCC34CCCS(=N)(=O)C4)nn2)c1. The van der Waals surface area contributed by atoms with Crippen LogP contribution in [0.4, 0.5) is 0 Å². The van der Waals surface area contributed by atoms with Crippen LogP contribution in [0.3, 0.4) is 0 Å². The number of rotatable bonds is 2. The van der Waals surface area contributed by atoms with Gasteiger partial charge in [-0.15, -0.1) is 5.10 Å². The van der Waals surface area contributed by atoms with E-state index in [0.29, 0.717) is 18.0 Å². The number of likely N-dealkylation sites (tertiary alicyclic amines) is 1. The summed E-state index contributed by atoms with van der Waals surface area (Å²) in [6.45, 7) is 2.63. The first-order chi connectivity index (χ1) is 12.4. The molecule has 0 bridgehead atoms. The summed E-state index contributed by atoms with van der Waals surface area (Å²) in [6.07, 6.45) is 4.92. The Morgan fingerprint density at radius 2 is 2.12 bits per heavy atom. The summed E-state index contributed by atoms with van der Waals surface area (Å²) in [5.74, 6) is 0.566. The van der Waals surface area contributed by atoms with Crippen LogP contribution in [-0.2, 0) is 9.73 Å². The average Bonchev–Trinajstić information content (AvgIpc) is 3.21. The summed E-state index contributed by atoms with van der Waals surface area (Å²) in [4.78, 5) is 14.9. The lowest BCUT2D eigenvalue weighted by Crippen LogP contribution is -2.54. The maximum Gasteiger partial charge on any atom is 0.276 e. The van der Waals surface area contributed by atoms with E-state index in [2.05, 4.69) is 10.3 Å². The number of carbonyl (C=O) groups is 1. The van der Waals surface area contributed by atoms with Crippen LogP contribution in [0.1, 0.15) is 41.7 Å². The number of benzene rings is 1.